The van der Waals surface area contributed by atoms with Crippen LogP contribution in [0.1, 0.15) is 37.4 Å². The van der Waals surface area contributed by atoms with E-state index < -0.39 is 0 Å². The molecule has 3 amide bonds. The molecule has 0 fully saturated rings. The predicted molar refractivity (Wildman–Crippen MR) is 105 cm³/mol. The molecule has 0 radical (unpaired) electrons. The number of hydrogen-bond acceptors (Lipinski definition) is 3. The number of rotatable bonds is 6. The fourth-order valence-corrected chi connectivity index (χ4v) is 2.77. The summed E-state index contributed by atoms with van der Waals surface area (Å²) in [6.07, 6.45) is 0. The first-order chi connectivity index (χ1) is 12.8. The van der Waals surface area contributed by atoms with Crippen molar-refractivity contribution in [3.8, 4) is 0 Å². The van der Waals surface area contributed by atoms with Crippen LogP contribution >= 0.6 is 0 Å². The predicted octanol–water partition coefficient (Wildman–Crippen LogP) is 2.05. The lowest BCUT2D eigenvalue weighted by atomic mass is 10.1. The summed E-state index contributed by atoms with van der Waals surface area (Å²) in [5.41, 5.74) is 4.02. The summed E-state index contributed by atoms with van der Waals surface area (Å²) in [5.74, 6) is -0.610. The zero-order valence-corrected chi connectivity index (χ0v) is 16.1. The summed E-state index contributed by atoms with van der Waals surface area (Å²) in [5, 5.41) is 5.23. The Labute approximate surface area is 159 Å². The molecule has 0 unspecified atom stereocenters. The van der Waals surface area contributed by atoms with Gasteiger partial charge in [0.1, 0.15) is 0 Å². The number of carbonyl (C=O) groups is 3. The van der Waals surface area contributed by atoms with Gasteiger partial charge in [0.2, 0.25) is 5.91 Å². The second-order valence-electron chi connectivity index (χ2n) is 6.58. The van der Waals surface area contributed by atoms with Crippen molar-refractivity contribution in [3.05, 3.63) is 70.3 Å². The van der Waals surface area contributed by atoms with Gasteiger partial charge in [-0.05, 0) is 43.7 Å². The maximum atomic E-state index is 12.3. The molecule has 2 N–H and O–H groups in total. The van der Waals surface area contributed by atoms with Crippen molar-refractivity contribution in [2.45, 2.75) is 20.4 Å². The number of aryl methyl sites for hydroxylation is 2. The molecule has 27 heavy (non-hydrogen) atoms. The van der Waals surface area contributed by atoms with E-state index in [2.05, 4.69) is 10.6 Å². The average molecular weight is 367 g/mol. The van der Waals surface area contributed by atoms with E-state index in [9.17, 15) is 14.4 Å². The first-order valence-electron chi connectivity index (χ1n) is 8.71. The molecule has 0 aromatic heterocycles. The largest absolute Gasteiger partial charge is 0.355 e. The fourth-order valence-electron chi connectivity index (χ4n) is 2.77. The summed E-state index contributed by atoms with van der Waals surface area (Å²) < 4.78 is 0. The Morgan fingerprint density at radius 3 is 2.04 bits per heavy atom. The highest BCUT2D eigenvalue weighted by Gasteiger charge is 2.13. The standard InChI is InChI=1S/C21H25N3O3/c1-14-9-15(2)11-18(10-14)21(27)23-12-19(25)24(4)13-16-5-7-17(8-6-16)20(26)22-3/h5-11H,12-13H2,1-4H3,(H,22,26)(H,23,27). The summed E-state index contributed by atoms with van der Waals surface area (Å²) >= 11 is 0. The molecule has 0 atom stereocenters. The van der Waals surface area contributed by atoms with Crippen molar-refractivity contribution in [3.63, 3.8) is 0 Å². The lowest BCUT2D eigenvalue weighted by molar-refractivity contribution is -0.129. The Bertz CT molecular complexity index is 824. The Morgan fingerprint density at radius 1 is 0.889 bits per heavy atom. The molecule has 2 aromatic rings. The van der Waals surface area contributed by atoms with Gasteiger partial charge < -0.3 is 15.5 Å². The minimum atomic E-state index is -0.265. The second kappa shape index (κ2) is 8.98. The molecule has 2 aromatic carbocycles. The van der Waals surface area contributed by atoms with E-state index in [0.29, 0.717) is 17.7 Å². The van der Waals surface area contributed by atoms with Crippen LogP contribution in [0.15, 0.2) is 42.5 Å². The third-order valence-electron chi connectivity index (χ3n) is 4.17. The number of carbonyl (C=O) groups excluding carboxylic acids is 3. The third-order valence-corrected chi connectivity index (χ3v) is 4.17. The van der Waals surface area contributed by atoms with E-state index in [1.165, 1.54) is 4.90 Å². The molecule has 0 spiro atoms. The molecule has 2 rings (SSSR count). The van der Waals surface area contributed by atoms with Gasteiger partial charge in [0.05, 0.1) is 6.54 Å². The number of likely N-dealkylation sites (N-methyl/N-ethyl adjacent to an activating group) is 1. The molecule has 0 aliphatic carbocycles. The smallest absolute Gasteiger partial charge is 0.251 e. The molecule has 142 valence electrons. The Morgan fingerprint density at radius 2 is 1.48 bits per heavy atom. The van der Waals surface area contributed by atoms with Crippen molar-refractivity contribution in [1.29, 1.82) is 0 Å². The van der Waals surface area contributed by atoms with Crippen LogP contribution in [0.2, 0.25) is 0 Å². The van der Waals surface area contributed by atoms with Crippen LogP contribution in [0.3, 0.4) is 0 Å². The van der Waals surface area contributed by atoms with Gasteiger partial charge in [-0.25, -0.2) is 0 Å². The molecule has 0 saturated carbocycles. The molecular weight excluding hydrogens is 342 g/mol. The summed E-state index contributed by atoms with van der Waals surface area (Å²) in [7, 11) is 3.26. The molecule has 0 heterocycles. The highest BCUT2D eigenvalue weighted by molar-refractivity contribution is 5.96. The van der Waals surface area contributed by atoms with Gasteiger partial charge in [0, 0.05) is 31.8 Å². The van der Waals surface area contributed by atoms with Crippen LogP contribution in [0.4, 0.5) is 0 Å². The first kappa shape index (κ1) is 20.2. The van der Waals surface area contributed by atoms with Crippen LogP contribution < -0.4 is 10.6 Å². The molecule has 0 saturated heterocycles. The minimum Gasteiger partial charge on any atom is -0.355 e. The maximum absolute atomic E-state index is 12.3. The summed E-state index contributed by atoms with van der Waals surface area (Å²) in [6, 6.07) is 12.6. The van der Waals surface area contributed by atoms with Crippen LogP contribution in [0.25, 0.3) is 0 Å². The number of amides is 3. The molecule has 0 bridgehead atoms. The maximum Gasteiger partial charge on any atom is 0.251 e. The lowest BCUT2D eigenvalue weighted by Crippen LogP contribution is -2.37. The van der Waals surface area contributed by atoms with Crippen molar-refractivity contribution < 1.29 is 14.4 Å². The number of nitrogens with one attached hydrogen (secondary N) is 2. The second-order valence-corrected chi connectivity index (χ2v) is 6.58. The van der Waals surface area contributed by atoms with Crippen LogP contribution in [-0.2, 0) is 11.3 Å². The average Bonchev–Trinajstić information content (AvgIpc) is 2.64. The lowest BCUT2D eigenvalue weighted by Gasteiger charge is -2.18. The molecule has 0 aliphatic heterocycles. The van der Waals surface area contributed by atoms with Crippen LogP contribution in [-0.4, -0.2) is 43.3 Å². The monoisotopic (exact) mass is 367 g/mol. The molecule has 6 heteroatoms. The van der Waals surface area contributed by atoms with Crippen LogP contribution in [0, 0.1) is 13.8 Å². The fraction of sp³-hybridized carbons (Fsp3) is 0.286. The van der Waals surface area contributed by atoms with E-state index in [0.717, 1.165) is 16.7 Å². The number of hydrogen-bond donors (Lipinski definition) is 2. The molecular formula is C21H25N3O3. The zero-order valence-electron chi connectivity index (χ0n) is 16.1. The topological polar surface area (TPSA) is 78.5 Å². The van der Waals surface area contributed by atoms with E-state index in [1.54, 1.807) is 38.4 Å². The van der Waals surface area contributed by atoms with Gasteiger partial charge in [-0.15, -0.1) is 0 Å². The SMILES string of the molecule is CNC(=O)c1ccc(CN(C)C(=O)CNC(=O)c2cc(C)cc(C)c2)cc1. The normalized spacial score (nSPS) is 10.2. The Balaban J connectivity index is 1.89. The van der Waals surface area contributed by atoms with Gasteiger partial charge in [-0.3, -0.25) is 14.4 Å². The van der Waals surface area contributed by atoms with E-state index >= 15 is 0 Å². The van der Waals surface area contributed by atoms with Gasteiger partial charge >= 0.3 is 0 Å². The van der Waals surface area contributed by atoms with Gasteiger partial charge in [0.15, 0.2) is 0 Å². The van der Waals surface area contributed by atoms with E-state index in [4.69, 9.17) is 0 Å². The summed E-state index contributed by atoms with van der Waals surface area (Å²) in [4.78, 5) is 37.6. The van der Waals surface area contributed by atoms with Gasteiger partial charge in [-0.2, -0.15) is 0 Å². The van der Waals surface area contributed by atoms with Crippen molar-refractivity contribution in [2.75, 3.05) is 20.6 Å². The Hall–Kier alpha value is -3.15. The highest BCUT2D eigenvalue weighted by Crippen LogP contribution is 2.09. The third kappa shape index (κ3) is 5.67. The highest BCUT2D eigenvalue weighted by atomic mass is 16.2. The van der Waals surface area contributed by atoms with E-state index in [1.807, 2.05) is 32.0 Å². The quantitative estimate of drug-likeness (QED) is 0.820. The summed E-state index contributed by atoms with van der Waals surface area (Å²) in [6.45, 7) is 4.18. The number of nitrogens with zero attached hydrogens (tertiary/aromatic N) is 1. The zero-order chi connectivity index (χ0) is 20.0. The Kier molecular flexibility index (Phi) is 6.71. The number of benzene rings is 2. The minimum absolute atomic E-state index is 0.0708. The molecule has 6 nitrogen and oxygen atoms in total. The van der Waals surface area contributed by atoms with Crippen molar-refractivity contribution in [1.82, 2.24) is 15.5 Å². The molecule has 0 aliphatic rings. The first-order valence-corrected chi connectivity index (χ1v) is 8.71. The van der Waals surface area contributed by atoms with Gasteiger partial charge in [-0.1, -0.05) is 29.3 Å². The van der Waals surface area contributed by atoms with Gasteiger partial charge in [0.25, 0.3) is 11.8 Å². The van der Waals surface area contributed by atoms with Crippen LogP contribution in [0.5, 0.6) is 0 Å². The van der Waals surface area contributed by atoms with Crippen molar-refractivity contribution >= 4 is 17.7 Å². The van der Waals surface area contributed by atoms with E-state index in [-0.39, 0.29) is 24.3 Å². The van der Waals surface area contributed by atoms with Crippen molar-refractivity contribution in [2.24, 2.45) is 0 Å².